The smallest absolute Gasteiger partial charge is 0.153 e. The predicted molar refractivity (Wildman–Crippen MR) is 36.1 cm³/mol. The second-order valence-corrected chi connectivity index (χ2v) is 1.43. The third kappa shape index (κ3) is 2.49. The monoisotopic (exact) mass is 124 g/mol. The highest BCUT2D eigenvalue weighted by Crippen LogP contribution is 1.98. The molecule has 2 nitrogen and oxygen atoms in total. The van der Waals surface area contributed by atoms with Crippen molar-refractivity contribution in [3.05, 3.63) is 36.6 Å². The lowest BCUT2D eigenvalue weighted by molar-refractivity contribution is -0.104. The van der Waals surface area contributed by atoms with Crippen LogP contribution in [-0.4, -0.2) is 11.4 Å². The Morgan fingerprint density at radius 2 is 2.11 bits per heavy atom. The van der Waals surface area contributed by atoms with Crippen molar-refractivity contribution < 1.29 is 9.90 Å². The molecule has 0 saturated carbocycles. The summed E-state index contributed by atoms with van der Waals surface area (Å²) >= 11 is 0. The highest BCUT2D eigenvalue weighted by Gasteiger charge is 1.93. The van der Waals surface area contributed by atoms with E-state index in [1.165, 1.54) is 12.2 Å². The number of aliphatic hydroxyl groups excluding tert-OH is 1. The molecule has 1 N–H and O–H groups in total. The van der Waals surface area contributed by atoms with Gasteiger partial charge in [-0.1, -0.05) is 19.2 Å². The molecule has 0 aromatic heterocycles. The first kappa shape index (κ1) is 7.69. The van der Waals surface area contributed by atoms with E-state index in [-0.39, 0.29) is 11.3 Å². The van der Waals surface area contributed by atoms with Crippen LogP contribution in [0.3, 0.4) is 0 Å². The minimum absolute atomic E-state index is 0.0647. The molecule has 0 radical (unpaired) electrons. The molecule has 0 aliphatic carbocycles. The number of aliphatic hydroxyl groups is 1. The average molecular weight is 124 g/mol. The summed E-state index contributed by atoms with van der Waals surface area (Å²) in [6.45, 7) is 6.58. The van der Waals surface area contributed by atoms with Crippen LogP contribution in [0.1, 0.15) is 0 Å². The van der Waals surface area contributed by atoms with Crippen LogP contribution in [-0.2, 0) is 4.79 Å². The fourth-order valence-corrected chi connectivity index (χ4v) is 0.279. The zero-order valence-corrected chi connectivity index (χ0v) is 5.00. The first-order chi connectivity index (χ1) is 4.22. The quantitative estimate of drug-likeness (QED) is 0.267. The van der Waals surface area contributed by atoms with Crippen LogP contribution < -0.4 is 0 Å². The lowest BCUT2D eigenvalue weighted by atomic mass is 10.2. The van der Waals surface area contributed by atoms with E-state index in [1.54, 1.807) is 0 Å². The van der Waals surface area contributed by atoms with Gasteiger partial charge < -0.3 is 5.11 Å². The molecule has 48 valence electrons. The Morgan fingerprint density at radius 1 is 1.56 bits per heavy atom. The first-order valence-electron chi connectivity index (χ1n) is 2.38. The Hall–Kier alpha value is -1.31. The SMILES string of the molecule is C=C/C=C(/O)C(=C)C=O. The van der Waals surface area contributed by atoms with E-state index in [2.05, 4.69) is 13.2 Å². The third-order valence-electron chi connectivity index (χ3n) is 0.747. The van der Waals surface area contributed by atoms with Crippen molar-refractivity contribution in [3.63, 3.8) is 0 Å². The molecule has 0 aliphatic rings. The largest absolute Gasteiger partial charge is 0.507 e. The molecule has 0 rings (SSSR count). The summed E-state index contributed by atoms with van der Waals surface area (Å²) in [5.74, 6) is -0.139. The van der Waals surface area contributed by atoms with Crippen molar-refractivity contribution in [2.24, 2.45) is 0 Å². The van der Waals surface area contributed by atoms with Crippen LogP contribution in [0.15, 0.2) is 36.6 Å². The van der Waals surface area contributed by atoms with Gasteiger partial charge in [0.1, 0.15) is 5.76 Å². The van der Waals surface area contributed by atoms with Crippen LogP contribution in [0.25, 0.3) is 0 Å². The average Bonchev–Trinajstić information content (AvgIpc) is 1.87. The fourth-order valence-electron chi connectivity index (χ4n) is 0.279. The summed E-state index contributed by atoms with van der Waals surface area (Å²) in [6, 6.07) is 0. The van der Waals surface area contributed by atoms with Gasteiger partial charge in [-0.05, 0) is 6.08 Å². The van der Waals surface area contributed by atoms with Crippen LogP contribution >= 0.6 is 0 Å². The number of aldehydes is 1. The van der Waals surface area contributed by atoms with Gasteiger partial charge in [-0.3, -0.25) is 4.79 Å². The molecule has 0 aromatic rings. The molecule has 9 heavy (non-hydrogen) atoms. The topological polar surface area (TPSA) is 37.3 Å². The number of rotatable bonds is 3. The van der Waals surface area contributed by atoms with Crippen molar-refractivity contribution in [2.75, 3.05) is 0 Å². The molecule has 0 aromatic carbocycles. The summed E-state index contributed by atoms with van der Waals surface area (Å²) in [5.41, 5.74) is 0.0647. The van der Waals surface area contributed by atoms with Crippen molar-refractivity contribution in [2.45, 2.75) is 0 Å². The summed E-state index contributed by atoms with van der Waals surface area (Å²) in [7, 11) is 0. The molecular weight excluding hydrogens is 116 g/mol. The van der Waals surface area contributed by atoms with E-state index in [4.69, 9.17) is 5.11 Å². The lowest BCUT2D eigenvalue weighted by Crippen LogP contribution is -1.85. The maximum Gasteiger partial charge on any atom is 0.153 e. The molecule has 0 spiro atoms. The minimum Gasteiger partial charge on any atom is -0.507 e. The van der Waals surface area contributed by atoms with Crippen LogP contribution in [0.2, 0.25) is 0 Å². The molecule has 0 fully saturated rings. The van der Waals surface area contributed by atoms with Gasteiger partial charge in [-0.2, -0.15) is 0 Å². The van der Waals surface area contributed by atoms with E-state index in [9.17, 15) is 4.79 Å². The zero-order chi connectivity index (χ0) is 7.28. The van der Waals surface area contributed by atoms with Gasteiger partial charge in [0.25, 0.3) is 0 Å². The fraction of sp³-hybridized carbons (Fsp3) is 0. The minimum atomic E-state index is -0.139. The van der Waals surface area contributed by atoms with Crippen molar-refractivity contribution in [3.8, 4) is 0 Å². The predicted octanol–water partition coefficient (Wildman–Crippen LogP) is 1.37. The standard InChI is InChI=1S/C7H8O2/c1-3-4-7(9)6(2)5-8/h3-5,9H,1-2H2/b7-4+. The maximum absolute atomic E-state index is 9.89. The van der Waals surface area contributed by atoms with Crippen LogP contribution in [0.5, 0.6) is 0 Å². The second kappa shape index (κ2) is 3.66. The van der Waals surface area contributed by atoms with Gasteiger partial charge >= 0.3 is 0 Å². The molecule has 2 heteroatoms. The summed E-state index contributed by atoms with van der Waals surface area (Å²) in [6.07, 6.45) is 3.16. The van der Waals surface area contributed by atoms with E-state index in [0.29, 0.717) is 6.29 Å². The Labute approximate surface area is 53.8 Å². The Kier molecular flexibility index (Phi) is 3.13. The number of carbonyl (C=O) groups excluding carboxylic acids is 1. The second-order valence-electron chi connectivity index (χ2n) is 1.43. The summed E-state index contributed by atoms with van der Waals surface area (Å²) in [4.78, 5) is 9.89. The summed E-state index contributed by atoms with van der Waals surface area (Å²) in [5, 5.41) is 8.78. The molecule has 0 unspecified atom stereocenters. The molecule has 0 amide bonds. The van der Waals surface area contributed by atoms with Crippen molar-refractivity contribution in [1.82, 2.24) is 0 Å². The molecule has 0 saturated heterocycles. The maximum atomic E-state index is 9.89. The zero-order valence-electron chi connectivity index (χ0n) is 5.00. The first-order valence-corrected chi connectivity index (χ1v) is 2.38. The Bertz CT molecular complexity index is 166. The van der Waals surface area contributed by atoms with Crippen LogP contribution in [0, 0.1) is 0 Å². The van der Waals surface area contributed by atoms with Crippen molar-refractivity contribution >= 4 is 6.29 Å². The summed E-state index contributed by atoms with van der Waals surface area (Å²) < 4.78 is 0. The van der Waals surface area contributed by atoms with Gasteiger partial charge in [-0.25, -0.2) is 0 Å². The number of hydrogen-bond donors (Lipinski definition) is 1. The Morgan fingerprint density at radius 3 is 2.44 bits per heavy atom. The Balaban J connectivity index is 4.18. The molecule has 0 heterocycles. The highest BCUT2D eigenvalue weighted by atomic mass is 16.3. The molecule has 0 atom stereocenters. The highest BCUT2D eigenvalue weighted by molar-refractivity contribution is 5.77. The van der Waals surface area contributed by atoms with Gasteiger partial charge in [-0.15, -0.1) is 0 Å². The molecule has 0 aliphatic heterocycles. The number of allylic oxidation sites excluding steroid dienone is 3. The number of hydrogen-bond acceptors (Lipinski definition) is 2. The third-order valence-corrected chi connectivity index (χ3v) is 0.747. The van der Waals surface area contributed by atoms with Gasteiger partial charge in [0.05, 0.1) is 0 Å². The van der Waals surface area contributed by atoms with E-state index < -0.39 is 0 Å². The lowest BCUT2D eigenvalue weighted by Gasteiger charge is -1.90. The van der Waals surface area contributed by atoms with E-state index in [1.807, 2.05) is 0 Å². The van der Waals surface area contributed by atoms with E-state index in [0.717, 1.165) is 0 Å². The van der Waals surface area contributed by atoms with Crippen molar-refractivity contribution in [1.29, 1.82) is 0 Å². The molecular formula is C7H8O2. The normalized spacial score (nSPS) is 10.4. The van der Waals surface area contributed by atoms with Crippen LogP contribution in [0.4, 0.5) is 0 Å². The number of carbonyl (C=O) groups is 1. The van der Waals surface area contributed by atoms with E-state index >= 15 is 0 Å². The van der Waals surface area contributed by atoms with Gasteiger partial charge in [0.2, 0.25) is 0 Å². The molecule has 0 bridgehead atoms. The van der Waals surface area contributed by atoms with Gasteiger partial charge in [0.15, 0.2) is 6.29 Å². The van der Waals surface area contributed by atoms with Gasteiger partial charge in [0, 0.05) is 5.57 Å².